The molecule has 0 spiro atoms. The number of nitrogens with one attached hydrogen (secondary N) is 1. The Hall–Kier alpha value is -2.44. The lowest BCUT2D eigenvalue weighted by Gasteiger charge is -2.28. The Morgan fingerprint density at radius 2 is 1.85 bits per heavy atom. The number of carbonyl (C=O) groups excluding carboxylic acids is 2. The molecule has 0 fully saturated rings. The van der Waals surface area contributed by atoms with Gasteiger partial charge in [-0.15, -0.1) is 0 Å². The number of benzene rings is 1. The number of aryl methyl sites for hydroxylation is 1. The van der Waals surface area contributed by atoms with Gasteiger partial charge in [-0.05, 0) is 23.3 Å². The number of aromatic nitrogens is 2. The average Bonchev–Trinajstić information content (AvgIpc) is 2.88. The Labute approximate surface area is 159 Å². The highest BCUT2D eigenvalue weighted by atomic mass is 19.1. The monoisotopic (exact) mass is 376 g/mol. The van der Waals surface area contributed by atoms with Gasteiger partial charge in [-0.2, -0.15) is 5.10 Å². The molecule has 0 saturated heterocycles. The van der Waals surface area contributed by atoms with Crippen LogP contribution >= 0.6 is 0 Å². The molecule has 0 saturated carbocycles. The molecule has 1 unspecified atom stereocenters. The molecule has 0 aliphatic carbocycles. The lowest BCUT2D eigenvalue weighted by atomic mass is 9.86. The smallest absolute Gasteiger partial charge is 0.273 e. The predicted molar refractivity (Wildman–Crippen MR) is 104 cm³/mol. The van der Waals surface area contributed by atoms with Crippen LogP contribution in [0, 0.1) is 16.6 Å². The Balaban J connectivity index is 2.45. The summed E-state index contributed by atoms with van der Waals surface area (Å²) in [6.45, 7) is 12.2. The number of rotatable bonds is 5. The van der Waals surface area contributed by atoms with Gasteiger partial charge in [0.25, 0.3) is 5.91 Å². The van der Waals surface area contributed by atoms with E-state index in [1.54, 1.807) is 12.1 Å². The van der Waals surface area contributed by atoms with E-state index >= 15 is 0 Å². The third kappa shape index (κ3) is 4.84. The molecule has 2 rings (SSSR count). The van der Waals surface area contributed by atoms with Crippen LogP contribution in [0.2, 0.25) is 0 Å². The van der Waals surface area contributed by atoms with E-state index in [1.807, 2.05) is 20.8 Å². The van der Waals surface area contributed by atoms with Gasteiger partial charge in [-0.1, -0.05) is 53.7 Å². The number of hydrogen-bond acceptors (Lipinski definition) is 3. The maximum absolute atomic E-state index is 14.5. The molecule has 0 radical (unpaired) electrons. The van der Waals surface area contributed by atoms with Gasteiger partial charge in [0, 0.05) is 11.9 Å². The first kappa shape index (κ1) is 20.9. The first-order chi connectivity index (χ1) is 12.3. The minimum atomic E-state index is -0.867. The van der Waals surface area contributed by atoms with Crippen LogP contribution in [-0.2, 0) is 11.3 Å². The van der Waals surface area contributed by atoms with Crippen LogP contribution in [0.5, 0.6) is 0 Å². The van der Waals surface area contributed by atoms with Crippen LogP contribution in [-0.4, -0.2) is 27.6 Å². The molecule has 0 bridgehead atoms. The number of fused-ring (bicyclic) bond motifs is 1. The second-order valence-electron chi connectivity index (χ2n) is 9.19. The fourth-order valence-corrected chi connectivity index (χ4v) is 2.88. The molecule has 1 atom stereocenters. The Morgan fingerprint density at radius 1 is 1.22 bits per heavy atom. The SMILES string of the molecule is CC(C)(C)CCn1nc(C(=O)NC(C(N)=O)C(C)(C)C)c2cccc(F)c21. The fraction of sp³-hybridized carbons (Fsp3) is 0.550. The molecular formula is C20H29FN4O2. The zero-order valence-electron chi connectivity index (χ0n) is 16.9. The molecule has 6 nitrogen and oxygen atoms in total. The second-order valence-corrected chi connectivity index (χ2v) is 9.19. The third-order valence-electron chi connectivity index (χ3n) is 4.44. The zero-order valence-corrected chi connectivity index (χ0v) is 16.9. The lowest BCUT2D eigenvalue weighted by molar-refractivity contribution is -0.122. The van der Waals surface area contributed by atoms with Crippen molar-refractivity contribution in [3.05, 3.63) is 29.7 Å². The molecule has 1 aromatic carbocycles. The van der Waals surface area contributed by atoms with Crippen molar-refractivity contribution in [2.24, 2.45) is 16.6 Å². The number of halogens is 1. The summed E-state index contributed by atoms with van der Waals surface area (Å²) in [5.74, 6) is -1.60. The topological polar surface area (TPSA) is 90.0 Å². The molecule has 0 aliphatic heterocycles. The molecule has 7 heteroatoms. The summed E-state index contributed by atoms with van der Waals surface area (Å²) >= 11 is 0. The van der Waals surface area contributed by atoms with Gasteiger partial charge in [0.1, 0.15) is 17.4 Å². The second kappa shape index (κ2) is 7.29. The predicted octanol–water partition coefficient (Wildman–Crippen LogP) is 3.24. The Bertz CT molecular complexity index is 859. The summed E-state index contributed by atoms with van der Waals surface area (Å²) in [5.41, 5.74) is 5.31. The van der Waals surface area contributed by atoms with E-state index in [4.69, 9.17) is 5.73 Å². The largest absolute Gasteiger partial charge is 0.368 e. The lowest BCUT2D eigenvalue weighted by Crippen LogP contribution is -2.52. The van der Waals surface area contributed by atoms with Gasteiger partial charge in [0.15, 0.2) is 5.69 Å². The van der Waals surface area contributed by atoms with Crippen LogP contribution in [0.3, 0.4) is 0 Å². The van der Waals surface area contributed by atoms with Gasteiger partial charge in [-0.3, -0.25) is 14.3 Å². The first-order valence-corrected chi connectivity index (χ1v) is 9.06. The third-order valence-corrected chi connectivity index (χ3v) is 4.44. The van der Waals surface area contributed by atoms with Crippen LogP contribution in [0.25, 0.3) is 10.9 Å². The number of amides is 2. The number of primary amides is 1. The number of para-hydroxylation sites is 1. The maximum atomic E-state index is 14.5. The van der Waals surface area contributed by atoms with Crippen LogP contribution in [0.1, 0.15) is 58.5 Å². The number of nitrogens with two attached hydrogens (primary N) is 1. The van der Waals surface area contributed by atoms with Crippen molar-refractivity contribution in [3.8, 4) is 0 Å². The van der Waals surface area contributed by atoms with Crippen molar-refractivity contribution < 1.29 is 14.0 Å². The van der Waals surface area contributed by atoms with Crippen LogP contribution in [0.15, 0.2) is 18.2 Å². The summed E-state index contributed by atoms with van der Waals surface area (Å²) in [4.78, 5) is 24.6. The standard InChI is InChI=1S/C20H29FN4O2/c1-19(2,3)10-11-25-15-12(8-7-9-13(15)21)14(24-25)18(27)23-16(17(22)26)20(4,5)6/h7-9,16H,10-11H2,1-6H3,(H2,22,26)(H,23,27). The highest BCUT2D eigenvalue weighted by Gasteiger charge is 2.32. The molecule has 3 N–H and O–H groups in total. The Kier molecular flexibility index (Phi) is 5.63. The zero-order chi connectivity index (χ0) is 20.6. The van der Waals surface area contributed by atoms with E-state index in [9.17, 15) is 14.0 Å². The minimum Gasteiger partial charge on any atom is -0.368 e. The summed E-state index contributed by atoms with van der Waals surface area (Å²) in [5, 5.41) is 7.43. The fourth-order valence-electron chi connectivity index (χ4n) is 2.88. The maximum Gasteiger partial charge on any atom is 0.273 e. The number of nitrogens with zero attached hydrogens (tertiary/aromatic N) is 2. The van der Waals surface area contributed by atoms with E-state index in [-0.39, 0.29) is 11.1 Å². The quantitative estimate of drug-likeness (QED) is 0.839. The molecule has 27 heavy (non-hydrogen) atoms. The number of carbonyl (C=O) groups is 2. The molecule has 148 valence electrons. The highest BCUT2D eigenvalue weighted by Crippen LogP contribution is 2.26. The van der Waals surface area contributed by atoms with Gasteiger partial charge in [0.05, 0.1) is 0 Å². The summed E-state index contributed by atoms with van der Waals surface area (Å²) < 4.78 is 16.0. The highest BCUT2D eigenvalue weighted by molar-refractivity contribution is 6.06. The van der Waals surface area contributed by atoms with E-state index in [0.717, 1.165) is 6.42 Å². The van der Waals surface area contributed by atoms with Gasteiger partial charge in [-0.25, -0.2) is 4.39 Å². The van der Waals surface area contributed by atoms with E-state index in [2.05, 4.69) is 31.2 Å². The van der Waals surface area contributed by atoms with Crippen molar-refractivity contribution in [2.45, 2.75) is 60.5 Å². The van der Waals surface area contributed by atoms with Crippen molar-refractivity contribution in [3.63, 3.8) is 0 Å². The average molecular weight is 376 g/mol. The first-order valence-electron chi connectivity index (χ1n) is 9.06. The van der Waals surface area contributed by atoms with E-state index < -0.39 is 29.1 Å². The van der Waals surface area contributed by atoms with Crippen molar-refractivity contribution in [2.75, 3.05) is 0 Å². The normalized spacial score (nSPS) is 13.6. The summed E-state index contributed by atoms with van der Waals surface area (Å²) in [7, 11) is 0. The summed E-state index contributed by atoms with van der Waals surface area (Å²) in [6.07, 6.45) is 0.769. The van der Waals surface area contributed by atoms with Crippen LogP contribution in [0.4, 0.5) is 4.39 Å². The summed E-state index contributed by atoms with van der Waals surface area (Å²) in [6, 6.07) is 3.68. The van der Waals surface area contributed by atoms with Gasteiger partial charge >= 0.3 is 0 Å². The van der Waals surface area contributed by atoms with Crippen molar-refractivity contribution in [1.82, 2.24) is 15.1 Å². The van der Waals surface area contributed by atoms with Crippen molar-refractivity contribution >= 4 is 22.7 Å². The van der Waals surface area contributed by atoms with E-state index in [1.165, 1.54) is 10.7 Å². The number of hydrogen-bond donors (Lipinski definition) is 2. The van der Waals surface area contributed by atoms with Gasteiger partial charge in [0.2, 0.25) is 5.91 Å². The molecule has 2 amide bonds. The molecule has 0 aliphatic rings. The van der Waals surface area contributed by atoms with Gasteiger partial charge < -0.3 is 11.1 Å². The molecule has 2 aromatic rings. The van der Waals surface area contributed by atoms with Crippen molar-refractivity contribution in [1.29, 1.82) is 0 Å². The molecular weight excluding hydrogens is 347 g/mol. The molecule has 1 aromatic heterocycles. The minimum absolute atomic E-state index is 0.0370. The Morgan fingerprint density at radius 3 is 2.37 bits per heavy atom. The molecule has 1 heterocycles. The van der Waals surface area contributed by atoms with E-state index in [0.29, 0.717) is 17.4 Å². The van der Waals surface area contributed by atoms with Crippen LogP contribution < -0.4 is 11.1 Å².